The zero-order valence-corrected chi connectivity index (χ0v) is 11.8. The molecule has 0 bridgehead atoms. The Hall–Kier alpha value is -1.75. The van der Waals surface area contributed by atoms with Gasteiger partial charge in [0.1, 0.15) is 23.1 Å². The first-order valence-corrected chi connectivity index (χ1v) is 6.82. The molecular formula is C15H15ClN2O2. The van der Waals surface area contributed by atoms with E-state index < -0.39 is 0 Å². The number of hydrazine groups is 1. The lowest BCUT2D eigenvalue weighted by molar-refractivity contribution is 0.460. The summed E-state index contributed by atoms with van der Waals surface area (Å²) in [5, 5.41) is 1.63. The summed E-state index contributed by atoms with van der Waals surface area (Å²) < 4.78 is 11.3. The molecule has 104 valence electrons. The molecule has 3 rings (SSSR count). The lowest BCUT2D eigenvalue weighted by Crippen LogP contribution is -2.28. The Morgan fingerprint density at radius 1 is 1.30 bits per heavy atom. The van der Waals surface area contributed by atoms with Crippen molar-refractivity contribution in [2.75, 3.05) is 0 Å². The van der Waals surface area contributed by atoms with Crippen LogP contribution < -0.4 is 11.3 Å². The molecular weight excluding hydrogens is 276 g/mol. The van der Waals surface area contributed by atoms with Crippen molar-refractivity contribution < 1.29 is 8.83 Å². The summed E-state index contributed by atoms with van der Waals surface area (Å²) in [5.41, 5.74) is 4.55. The van der Waals surface area contributed by atoms with E-state index in [0.717, 1.165) is 34.5 Å². The van der Waals surface area contributed by atoms with Gasteiger partial charge in [-0.25, -0.2) is 5.43 Å². The maximum Gasteiger partial charge on any atom is 0.134 e. The Labute approximate surface area is 121 Å². The molecule has 3 aromatic rings. The fourth-order valence-electron chi connectivity index (χ4n) is 2.40. The smallest absolute Gasteiger partial charge is 0.134 e. The zero-order valence-electron chi connectivity index (χ0n) is 11.0. The Morgan fingerprint density at radius 2 is 2.15 bits per heavy atom. The van der Waals surface area contributed by atoms with E-state index in [1.165, 1.54) is 0 Å². The number of hydrogen-bond acceptors (Lipinski definition) is 4. The van der Waals surface area contributed by atoms with Crippen LogP contribution >= 0.6 is 11.6 Å². The highest BCUT2D eigenvalue weighted by Crippen LogP contribution is 2.31. The van der Waals surface area contributed by atoms with Crippen LogP contribution in [0.5, 0.6) is 0 Å². The van der Waals surface area contributed by atoms with Crippen molar-refractivity contribution in [3.63, 3.8) is 0 Å². The fourth-order valence-corrected chi connectivity index (χ4v) is 2.58. The zero-order chi connectivity index (χ0) is 14.1. The highest BCUT2D eigenvalue weighted by Gasteiger charge is 2.21. The van der Waals surface area contributed by atoms with E-state index in [4.69, 9.17) is 26.3 Å². The molecule has 0 saturated heterocycles. The first-order chi connectivity index (χ1) is 9.72. The van der Waals surface area contributed by atoms with E-state index in [1.807, 2.05) is 31.2 Å². The number of rotatable bonds is 4. The van der Waals surface area contributed by atoms with Crippen LogP contribution in [0.3, 0.4) is 0 Å². The molecule has 1 atom stereocenters. The van der Waals surface area contributed by atoms with Crippen LogP contribution in [-0.4, -0.2) is 0 Å². The van der Waals surface area contributed by atoms with Crippen molar-refractivity contribution in [2.24, 2.45) is 5.84 Å². The normalized spacial score (nSPS) is 12.9. The predicted molar refractivity (Wildman–Crippen MR) is 78.5 cm³/mol. The van der Waals surface area contributed by atoms with Gasteiger partial charge in [-0.2, -0.15) is 0 Å². The molecule has 4 nitrogen and oxygen atoms in total. The highest BCUT2D eigenvalue weighted by molar-refractivity contribution is 6.31. The topological polar surface area (TPSA) is 64.3 Å². The van der Waals surface area contributed by atoms with Crippen molar-refractivity contribution in [3.8, 4) is 0 Å². The van der Waals surface area contributed by atoms with E-state index in [2.05, 4.69) is 5.43 Å². The van der Waals surface area contributed by atoms with Gasteiger partial charge in [-0.3, -0.25) is 5.84 Å². The quantitative estimate of drug-likeness (QED) is 0.567. The molecule has 0 aliphatic carbocycles. The average Bonchev–Trinajstić information content (AvgIpc) is 3.05. The van der Waals surface area contributed by atoms with E-state index in [0.29, 0.717) is 5.02 Å². The van der Waals surface area contributed by atoms with Crippen LogP contribution in [-0.2, 0) is 6.42 Å². The summed E-state index contributed by atoms with van der Waals surface area (Å²) in [6.07, 6.45) is 2.46. The van der Waals surface area contributed by atoms with Gasteiger partial charge in [0.2, 0.25) is 0 Å². The molecule has 0 aliphatic rings. The van der Waals surface area contributed by atoms with Gasteiger partial charge in [0.25, 0.3) is 0 Å². The SMILES string of the molecule is CCc1occc1C(NN)c1cc2cc(Cl)ccc2o1. The fraction of sp³-hybridized carbons (Fsp3) is 0.200. The minimum absolute atomic E-state index is 0.241. The van der Waals surface area contributed by atoms with Gasteiger partial charge in [-0.15, -0.1) is 0 Å². The Bertz CT molecular complexity index is 732. The molecule has 0 radical (unpaired) electrons. The second kappa shape index (κ2) is 5.32. The molecule has 0 saturated carbocycles. The number of nitrogens with two attached hydrogens (primary N) is 1. The van der Waals surface area contributed by atoms with Crippen molar-refractivity contribution in [1.82, 2.24) is 5.43 Å². The standard InChI is InChI=1S/C15H15ClN2O2/c1-2-12-11(5-6-19-12)15(18-17)14-8-9-7-10(16)3-4-13(9)20-14/h3-8,15,18H,2,17H2,1H3. The van der Waals surface area contributed by atoms with E-state index in [1.54, 1.807) is 12.3 Å². The summed E-state index contributed by atoms with van der Waals surface area (Å²) in [4.78, 5) is 0. The van der Waals surface area contributed by atoms with Crippen LogP contribution in [0.2, 0.25) is 5.02 Å². The number of nitrogens with one attached hydrogen (secondary N) is 1. The number of hydrogen-bond donors (Lipinski definition) is 2. The van der Waals surface area contributed by atoms with Crippen molar-refractivity contribution >= 4 is 22.6 Å². The number of aryl methyl sites for hydroxylation is 1. The third-order valence-corrected chi connectivity index (χ3v) is 3.60. The molecule has 0 fully saturated rings. The summed E-state index contributed by atoms with van der Waals surface area (Å²) in [6.45, 7) is 2.04. The maximum absolute atomic E-state index is 5.99. The lowest BCUT2D eigenvalue weighted by Gasteiger charge is -2.12. The second-order valence-corrected chi connectivity index (χ2v) is 5.02. The molecule has 20 heavy (non-hydrogen) atoms. The predicted octanol–water partition coefficient (Wildman–Crippen LogP) is 3.79. The van der Waals surface area contributed by atoms with Crippen molar-refractivity contribution in [2.45, 2.75) is 19.4 Å². The van der Waals surface area contributed by atoms with Crippen LogP contribution in [0.15, 0.2) is 45.4 Å². The van der Waals surface area contributed by atoms with Crippen LogP contribution in [0, 0.1) is 0 Å². The summed E-state index contributed by atoms with van der Waals surface area (Å²) in [5.74, 6) is 7.33. The van der Waals surface area contributed by atoms with E-state index >= 15 is 0 Å². The monoisotopic (exact) mass is 290 g/mol. The highest BCUT2D eigenvalue weighted by atomic mass is 35.5. The molecule has 0 spiro atoms. The summed E-state index contributed by atoms with van der Waals surface area (Å²) in [6, 6.07) is 9.13. The van der Waals surface area contributed by atoms with Gasteiger partial charge < -0.3 is 8.83 Å². The van der Waals surface area contributed by atoms with Crippen LogP contribution in [0.4, 0.5) is 0 Å². The molecule has 0 aliphatic heterocycles. The molecule has 0 amide bonds. The first-order valence-electron chi connectivity index (χ1n) is 6.44. The van der Waals surface area contributed by atoms with Gasteiger partial charge in [0.05, 0.1) is 6.26 Å². The third-order valence-electron chi connectivity index (χ3n) is 3.36. The van der Waals surface area contributed by atoms with Gasteiger partial charge in [0, 0.05) is 22.4 Å². The van der Waals surface area contributed by atoms with Gasteiger partial charge in [-0.1, -0.05) is 18.5 Å². The average molecular weight is 291 g/mol. The molecule has 2 heterocycles. The van der Waals surface area contributed by atoms with E-state index in [9.17, 15) is 0 Å². The number of halogens is 1. The van der Waals surface area contributed by atoms with Gasteiger partial charge in [0.15, 0.2) is 0 Å². The lowest BCUT2D eigenvalue weighted by atomic mass is 10.0. The third kappa shape index (κ3) is 2.22. The number of benzene rings is 1. The van der Waals surface area contributed by atoms with Gasteiger partial charge >= 0.3 is 0 Å². The molecule has 1 aromatic carbocycles. The first kappa shape index (κ1) is 13.2. The Balaban J connectivity index is 2.07. The largest absolute Gasteiger partial charge is 0.469 e. The van der Waals surface area contributed by atoms with Crippen LogP contribution in [0.1, 0.15) is 30.0 Å². The Kier molecular flexibility index (Phi) is 3.53. The van der Waals surface area contributed by atoms with Crippen molar-refractivity contribution in [1.29, 1.82) is 0 Å². The minimum Gasteiger partial charge on any atom is -0.469 e. The number of fused-ring (bicyclic) bond motifs is 1. The number of furan rings is 2. The van der Waals surface area contributed by atoms with Crippen molar-refractivity contribution in [3.05, 3.63) is 58.7 Å². The summed E-state index contributed by atoms with van der Waals surface area (Å²) in [7, 11) is 0. The molecule has 5 heteroatoms. The maximum atomic E-state index is 5.99. The molecule has 1 unspecified atom stereocenters. The second-order valence-electron chi connectivity index (χ2n) is 4.58. The summed E-state index contributed by atoms with van der Waals surface area (Å²) >= 11 is 5.99. The molecule has 3 N–H and O–H groups in total. The minimum atomic E-state index is -0.241. The van der Waals surface area contributed by atoms with Crippen LogP contribution in [0.25, 0.3) is 11.0 Å². The van der Waals surface area contributed by atoms with E-state index in [-0.39, 0.29) is 6.04 Å². The van der Waals surface area contributed by atoms with Gasteiger partial charge in [-0.05, 0) is 30.3 Å². The molecule has 2 aromatic heterocycles. The Morgan fingerprint density at radius 3 is 2.90 bits per heavy atom.